The van der Waals surface area contributed by atoms with Gasteiger partial charge in [0.15, 0.2) is 5.43 Å². The number of benzene rings is 2. The summed E-state index contributed by atoms with van der Waals surface area (Å²) in [6, 6.07) is 15.5. The average molecular weight is 342 g/mol. The molecule has 1 aromatic heterocycles. The molecule has 0 atom stereocenters. The second-order valence-electron chi connectivity index (χ2n) is 4.70. The van der Waals surface area contributed by atoms with Crippen molar-refractivity contribution in [1.82, 2.24) is 0 Å². The molecule has 116 valence electrons. The molecule has 0 amide bonds. The van der Waals surface area contributed by atoms with Crippen LogP contribution in [0.15, 0.2) is 65.5 Å². The van der Waals surface area contributed by atoms with Gasteiger partial charge in [-0.1, -0.05) is 43.1 Å². The largest absolute Gasteiger partial charge is 0.478 e. The van der Waals surface area contributed by atoms with Crippen molar-refractivity contribution in [2.75, 3.05) is 0 Å². The highest BCUT2D eigenvalue weighted by atomic mass is 32.1. The number of hydrogen-bond donors (Lipinski definition) is 1. The highest BCUT2D eigenvalue weighted by Crippen LogP contribution is 2.23. The molecule has 0 aliphatic heterocycles. The summed E-state index contributed by atoms with van der Waals surface area (Å²) in [5, 5.41) is 11.1. The van der Waals surface area contributed by atoms with Crippen LogP contribution in [0.5, 0.6) is 0 Å². The molecule has 0 radical (unpaired) electrons. The van der Waals surface area contributed by atoms with Crippen LogP contribution in [0.25, 0.3) is 20.2 Å². The van der Waals surface area contributed by atoms with E-state index in [1.807, 2.05) is 48.5 Å². The lowest BCUT2D eigenvalue weighted by molar-refractivity contribution is -0.132. The molecular formula is C18H14O3S2. The van der Waals surface area contributed by atoms with Gasteiger partial charge in [0.05, 0.1) is 0 Å². The molecule has 3 aromatic rings. The average Bonchev–Trinajstić information content (AvgIpc) is 2.56. The Hall–Kier alpha value is -2.37. The minimum absolute atomic E-state index is 0.139. The Morgan fingerprint density at radius 2 is 1.57 bits per heavy atom. The first-order valence-corrected chi connectivity index (χ1v) is 8.08. The van der Waals surface area contributed by atoms with Gasteiger partial charge in [0.1, 0.15) is 0 Å². The fourth-order valence-electron chi connectivity index (χ4n) is 1.94. The summed E-state index contributed by atoms with van der Waals surface area (Å²) in [6.45, 7) is 3.25. The molecule has 3 rings (SSSR count). The van der Waals surface area contributed by atoms with Gasteiger partial charge in [-0.2, -0.15) is 0 Å². The molecule has 0 unspecified atom stereocenters. The molecule has 0 saturated heterocycles. The third-order valence-electron chi connectivity index (χ3n) is 3.12. The number of carboxylic acid groups (broad SMARTS) is 1. The van der Waals surface area contributed by atoms with Gasteiger partial charge in [-0.25, -0.2) is 4.79 Å². The molecule has 0 fully saturated rings. The van der Waals surface area contributed by atoms with Crippen LogP contribution in [0.2, 0.25) is 0 Å². The zero-order valence-electron chi connectivity index (χ0n) is 12.2. The first-order valence-electron chi connectivity index (χ1n) is 6.80. The van der Waals surface area contributed by atoms with E-state index in [1.54, 1.807) is 11.3 Å². The van der Waals surface area contributed by atoms with Gasteiger partial charge >= 0.3 is 5.97 Å². The smallest absolute Gasteiger partial charge is 0.331 e. The van der Waals surface area contributed by atoms with Crippen LogP contribution in [0.1, 0.15) is 6.42 Å². The van der Waals surface area contributed by atoms with E-state index in [0.29, 0.717) is 0 Å². The van der Waals surface area contributed by atoms with Crippen molar-refractivity contribution in [3.05, 3.63) is 70.9 Å². The summed E-state index contributed by atoms with van der Waals surface area (Å²) in [5.41, 5.74) is 0.278. The maximum Gasteiger partial charge on any atom is 0.331 e. The van der Waals surface area contributed by atoms with Crippen molar-refractivity contribution in [1.29, 1.82) is 0 Å². The first-order chi connectivity index (χ1) is 11.0. The minimum Gasteiger partial charge on any atom is -0.478 e. The van der Waals surface area contributed by atoms with E-state index >= 15 is 0 Å². The molecule has 1 N–H and O–H groups in total. The van der Waals surface area contributed by atoms with Crippen molar-refractivity contribution < 1.29 is 9.90 Å². The second-order valence-corrected chi connectivity index (χ2v) is 6.12. The molecule has 5 heteroatoms. The lowest BCUT2D eigenvalue weighted by Gasteiger charge is -1.99. The van der Waals surface area contributed by atoms with Crippen molar-refractivity contribution in [3.8, 4) is 0 Å². The van der Waals surface area contributed by atoms with Crippen LogP contribution in [0, 0.1) is 0 Å². The van der Waals surface area contributed by atoms with Crippen molar-refractivity contribution in [2.45, 2.75) is 6.42 Å². The van der Waals surface area contributed by atoms with Crippen LogP contribution in [0.4, 0.5) is 0 Å². The highest BCUT2D eigenvalue weighted by Gasteiger charge is 2.03. The number of rotatable bonds is 3. The monoisotopic (exact) mass is 342 g/mol. The molecule has 1 heterocycles. The number of carbonyl (C=O) groups is 1. The molecule has 2 aromatic carbocycles. The number of carboxylic acids is 1. The van der Waals surface area contributed by atoms with Gasteiger partial charge < -0.3 is 5.11 Å². The van der Waals surface area contributed by atoms with Crippen LogP contribution in [-0.2, 0) is 4.79 Å². The van der Waals surface area contributed by atoms with Gasteiger partial charge in [0, 0.05) is 32.2 Å². The van der Waals surface area contributed by atoms with E-state index in [-0.39, 0.29) is 17.4 Å². The molecule has 0 bridgehead atoms. The molecule has 23 heavy (non-hydrogen) atoms. The van der Waals surface area contributed by atoms with Gasteiger partial charge in [0.2, 0.25) is 0 Å². The van der Waals surface area contributed by atoms with Gasteiger partial charge in [-0.15, -0.1) is 11.3 Å². The highest BCUT2D eigenvalue weighted by molar-refractivity contribution is 7.79. The van der Waals surface area contributed by atoms with Gasteiger partial charge in [0.25, 0.3) is 0 Å². The van der Waals surface area contributed by atoms with Gasteiger partial charge in [-0.05, 0) is 29.6 Å². The Balaban J connectivity index is 0.000000207. The molecule has 0 aliphatic rings. The minimum atomic E-state index is -0.980. The van der Waals surface area contributed by atoms with E-state index in [1.165, 1.54) is 5.37 Å². The molecule has 0 saturated carbocycles. The predicted octanol–water partition coefficient (Wildman–Crippen LogP) is 4.43. The Morgan fingerprint density at radius 3 is 1.96 bits per heavy atom. The third-order valence-corrected chi connectivity index (χ3v) is 4.43. The summed E-state index contributed by atoms with van der Waals surface area (Å²) >= 11 is 6.06. The van der Waals surface area contributed by atoms with Crippen molar-refractivity contribution in [3.63, 3.8) is 0 Å². The third kappa shape index (κ3) is 4.09. The summed E-state index contributed by atoms with van der Waals surface area (Å²) in [5.74, 6) is -0.980. The quantitative estimate of drug-likeness (QED) is 0.434. The molecular weight excluding hydrogens is 328 g/mol. The van der Waals surface area contributed by atoms with Crippen molar-refractivity contribution >= 4 is 55.1 Å². The fourth-order valence-corrected chi connectivity index (χ4v) is 3.21. The number of fused-ring (bicyclic) bond motifs is 2. The summed E-state index contributed by atoms with van der Waals surface area (Å²) < 4.78 is 2.11. The normalized spacial score (nSPS) is 9.91. The van der Waals surface area contributed by atoms with E-state index < -0.39 is 5.97 Å². The Morgan fingerprint density at radius 1 is 1.09 bits per heavy atom. The zero-order chi connectivity index (χ0) is 16.8. The maximum atomic E-state index is 12.1. The van der Waals surface area contributed by atoms with E-state index in [2.05, 4.69) is 18.8 Å². The standard InChI is InChI=1S/C13H8OS.C5H6O2S/c14-13-9-5-1-3-7-11(9)15-12-8-4-2-6-10(12)13;1-4(2-3-8)5(6)7/h1-8H;3H,1-2H2,(H,6,7). The summed E-state index contributed by atoms with van der Waals surface area (Å²) in [4.78, 5) is 22.0. The lowest BCUT2D eigenvalue weighted by Crippen LogP contribution is -1.99. The molecule has 0 aliphatic carbocycles. The van der Waals surface area contributed by atoms with Crippen LogP contribution in [-0.4, -0.2) is 16.4 Å². The van der Waals surface area contributed by atoms with Gasteiger partial charge in [-0.3, -0.25) is 4.79 Å². The Bertz CT molecular complexity index is 885. The molecule has 0 spiro atoms. The number of thiocarbonyl (C=S) groups is 1. The molecule has 3 nitrogen and oxygen atoms in total. The van der Waals surface area contributed by atoms with Crippen LogP contribution < -0.4 is 5.43 Å². The summed E-state index contributed by atoms with van der Waals surface area (Å²) in [6.07, 6.45) is 0.282. The predicted molar refractivity (Wildman–Crippen MR) is 101 cm³/mol. The topological polar surface area (TPSA) is 54.4 Å². The Labute approximate surface area is 142 Å². The van der Waals surface area contributed by atoms with Crippen LogP contribution >= 0.6 is 23.6 Å². The first kappa shape index (κ1) is 17.0. The second kappa shape index (κ2) is 7.76. The Kier molecular flexibility index (Phi) is 5.73. The van der Waals surface area contributed by atoms with Crippen LogP contribution in [0.3, 0.4) is 0 Å². The maximum absolute atomic E-state index is 12.1. The zero-order valence-corrected chi connectivity index (χ0v) is 13.8. The number of aliphatic carboxylic acids is 1. The van der Waals surface area contributed by atoms with E-state index in [9.17, 15) is 9.59 Å². The van der Waals surface area contributed by atoms with Crippen molar-refractivity contribution in [2.24, 2.45) is 0 Å². The van der Waals surface area contributed by atoms with E-state index in [4.69, 9.17) is 5.11 Å². The van der Waals surface area contributed by atoms with E-state index in [0.717, 1.165) is 20.2 Å². The lowest BCUT2D eigenvalue weighted by atomic mass is 10.2. The SMILES string of the molecule is C=C(CC=S)C(=O)O.O=c1c2ccccc2sc2ccccc12. The fraction of sp³-hybridized carbons (Fsp3) is 0.0556. The number of hydrogen-bond acceptors (Lipinski definition) is 4. The summed E-state index contributed by atoms with van der Waals surface area (Å²) in [7, 11) is 0.